The van der Waals surface area contributed by atoms with E-state index in [4.69, 9.17) is 10.2 Å². The highest BCUT2D eigenvalue weighted by Gasteiger charge is 2.13. The lowest BCUT2D eigenvalue weighted by Gasteiger charge is -2.16. The van der Waals surface area contributed by atoms with Crippen LogP contribution in [0, 0.1) is 5.41 Å². The van der Waals surface area contributed by atoms with Gasteiger partial charge in [0.15, 0.2) is 0 Å². The quantitative estimate of drug-likeness (QED) is 0.529. The molecule has 0 aliphatic carbocycles. The van der Waals surface area contributed by atoms with E-state index in [0.29, 0.717) is 0 Å². The highest BCUT2D eigenvalue weighted by molar-refractivity contribution is 6.92. The molecule has 0 aromatic carbocycles. The summed E-state index contributed by atoms with van der Waals surface area (Å²) in [7, 11) is 0. The Bertz CT molecular complexity index is 48.4. The fourth-order valence-electron chi connectivity index (χ4n) is 0.0500. The molecule has 0 aromatic rings. The zero-order valence-corrected chi connectivity index (χ0v) is 6.93. The molecule has 0 aliphatic rings. The van der Waals surface area contributed by atoms with E-state index in [1.54, 1.807) is 13.8 Å². The molecule has 0 amide bonds. The van der Waals surface area contributed by atoms with E-state index in [2.05, 4.69) is 0 Å². The molecule has 2 N–H and O–H groups in total. The van der Waals surface area contributed by atoms with Gasteiger partial charge in [0, 0.05) is 5.41 Å². The van der Waals surface area contributed by atoms with Gasteiger partial charge in [-0.3, -0.25) is 0 Å². The second-order valence-corrected chi connectivity index (χ2v) is 2.48. The van der Waals surface area contributed by atoms with E-state index in [1.807, 2.05) is 0 Å². The first-order chi connectivity index (χ1) is 3.12. The molecule has 0 fully saturated rings. The molecular formula is C5H15O2P. The van der Waals surface area contributed by atoms with Gasteiger partial charge >= 0.3 is 0 Å². The summed E-state index contributed by atoms with van der Waals surface area (Å²) in [5.74, 6) is 0. The molecule has 0 radical (unpaired) electrons. The van der Waals surface area contributed by atoms with Crippen LogP contribution in [0.15, 0.2) is 0 Å². The van der Waals surface area contributed by atoms with E-state index >= 15 is 0 Å². The number of rotatable bonds is 2. The maximum atomic E-state index is 8.43. The standard InChI is InChI=1S/C5H12O2.H3P/c1-5(2,3-6)4-7;/h6-7H,3-4H2,1-2H3;1H3. The van der Waals surface area contributed by atoms with E-state index < -0.39 is 0 Å². The minimum absolute atomic E-state index is 0. The monoisotopic (exact) mass is 138 g/mol. The molecular weight excluding hydrogens is 123 g/mol. The molecule has 8 heavy (non-hydrogen) atoms. The van der Waals surface area contributed by atoms with Crippen molar-refractivity contribution in [3.05, 3.63) is 0 Å². The van der Waals surface area contributed by atoms with Gasteiger partial charge in [0.05, 0.1) is 13.2 Å². The lowest BCUT2D eigenvalue weighted by Crippen LogP contribution is -2.20. The Kier molecular flexibility index (Phi) is 5.94. The molecule has 1 atom stereocenters. The number of aliphatic hydroxyl groups is 2. The summed E-state index contributed by atoms with van der Waals surface area (Å²) in [5.41, 5.74) is -0.306. The SMILES string of the molecule is CC(C)(CO)CO.P. The first-order valence-corrected chi connectivity index (χ1v) is 2.34. The van der Waals surface area contributed by atoms with Crippen molar-refractivity contribution in [1.82, 2.24) is 0 Å². The molecule has 3 heteroatoms. The van der Waals surface area contributed by atoms with Crippen LogP contribution in [0.1, 0.15) is 13.8 Å². The van der Waals surface area contributed by atoms with Crippen LogP contribution in [0.5, 0.6) is 0 Å². The smallest absolute Gasteiger partial charge is 0.0504 e. The Hall–Kier alpha value is 0.350. The maximum Gasteiger partial charge on any atom is 0.0504 e. The molecule has 52 valence electrons. The number of hydrogen-bond donors (Lipinski definition) is 2. The van der Waals surface area contributed by atoms with Gasteiger partial charge in [-0.25, -0.2) is 0 Å². The average molecular weight is 138 g/mol. The lowest BCUT2D eigenvalue weighted by atomic mass is 9.97. The highest BCUT2D eigenvalue weighted by atomic mass is 31.0. The Morgan fingerprint density at radius 3 is 1.38 bits per heavy atom. The third-order valence-electron chi connectivity index (χ3n) is 0.856. The first kappa shape index (κ1) is 11.2. The second kappa shape index (κ2) is 4.25. The largest absolute Gasteiger partial charge is 0.396 e. The molecule has 0 bridgehead atoms. The van der Waals surface area contributed by atoms with Gasteiger partial charge in [-0.05, 0) is 0 Å². The van der Waals surface area contributed by atoms with Crippen LogP contribution in [0.25, 0.3) is 0 Å². The van der Waals surface area contributed by atoms with Crippen molar-refractivity contribution >= 4 is 9.90 Å². The number of hydrogen-bond acceptors (Lipinski definition) is 2. The van der Waals surface area contributed by atoms with Gasteiger partial charge in [0.2, 0.25) is 0 Å². The van der Waals surface area contributed by atoms with Gasteiger partial charge in [0.25, 0.3) is 0 Å². The fourth-order valence-corrected chi connectivity index (χ4v) is 0.0500. The van der Waals surface area contributed by atoms with Crippen molar-refractivity contribution in [2.24, 2.45) is 5.41 Å². The normalized spacial score (nSPS) is 10.5. The topological polar surface area (TPSA) is 40.5 Å². The molecule has 0 aliphatic heterocycles. The van der Waals surface area contributed by atoms with Crippen LogP contribution in [-0.4, -0.2) is 23.4 Å². The Balaban J connectivity index is 0. The summed E-state index contributed by atoms with van der Waals surface area (Å²) in [6.45, 7) is 3.69. The van der Waals surface area contributed by atoms with Crippen LogP contribution in [0.2, 0.25) is 0 Å². The Labute approximate surface area is 53.5 Å². The minimum atomic E-state index is -0.306. The predicted molar refractivity (Wildman–Crippen MR) is 39.1 cm³/mol. The van der Waals surface area contributed by atoms with Gasteiger partial charge in [0.1, 0.15) is 0 Å². The summed E-state index contributed by atoms with van der Waals surface area (Å²) in [6, 6.07) is 0. The fraction of sp³-hybridized carbons (Fsp3) is 1.00. The summed E-state index contributed by atoms with van der Waals surface area (Å²) in [5, 5.41) is 16.9. The molecule has 1 unspecified atom stereocenters. The Morgan fingerprint density at radius 1 is 1.12 bits per heavy atom. The van der Waals surface area contributed by atoms with Gasteiger partial charge in [-0.15, -0.1) is 0 Å². The van der Waals surface area contributed by atoms with Crippen LogP contribution in [0.3, 0.4) is 0 Å². The van der Waals surface area contributed by atoms with Crippen molar-refractivity contribution in [3.63, 3.8) is 0 Å². The van der Waals surface area contributed by atoms with Crippen LogP contribution >= 0.6 is 9.90 Å². The Morgan fingerprint density at radius 2 is 1.38 bits per heavy atom. The third kappa shape index (κ3) is 4.51. The van der Waals surface area contributed by atoms with Gasteiger partial charge in [-0.2, -0.15) is 9.90 Å². The number of aliphatic hydroxyl groups excluding tert-OH is 2. The molecule has 0 rings (SSSR count). The predicted octanol–water partition coefficient (Wildman–Crippen LogP) is 0.0553. The molecule has 2 nitrogen and oxygen atoms in total. The average Bonchev–Trinajstić information content (AvgIpc) is 1.68. The minimum Gasteiger partial charge on any atom is -0.396 e. The van der Waals surface area contributed by atoms with Crippen LogP contribution in [0.4, 0.5) is 0 Å². The van der Waals surface area contributed by atoms with Crippen molar-refractivity contribution in [2.75, 3.05) is 13.2 Å². The second-order valence-electron chi connectivity index (χ2n) is 2.48. The maximum absolute atomic E-state index is 8.43. The molecule has 0 heterocycles. The van der Waals surface area contributed by atoms with Crippen LogP contribution < -0.4 is 0 Å². The third-order valence-corrected chi connectivity index (χ3v) is 0.856. The summed E-state index contributed by atoms with van der Waals surface area (Å²) < 4.78 is 0. The van der Waals surface area contributed by atoms with E-state index in [9.17, 15) is 0 Å². The molecule has 0 saturated heterocycles. The van der Waals surface area contributed by atoms with E-state index in [1.165, 1.54) is 0 Å². The zero-order valence-electron chi connectivity index (χ0n) is 5.52. The molecule has 0 aromatic heterocycles. The van der Waals surface area contributed by atoms with E-state index in [0.717, 1.165) is 0 Å². The lowest BCUT2D eigenvalue weighted by molar-refractivity contribution is 0.0857. The highest BCUT2D eigenvalue weighted by Crippen LogP contribution is 2.10. The van der Waals surface area contributed by atoms with Gasteiger partial charge in [-0.1, -0.05) is 13.8 Å². The molecule has 0 saturated carbocycles. The summed E-state index contributed by atoms with van der Waals surface area (Å²) >= 11 is 0. The van der Waals surface area contributed by atoms with Crippen molar-refractivity contribution in [2.45, 2.75) is 13.8 Å². The van der Waals surface area contributed by atoms with Crippen molar-refractivity contribution in [3.8, 4) is 0 Å². The van der Waals surface area contributed by atoms with E-state index in [-0.39, 0.29) is 28.5 Å². The first-order valence-electron chi connectivity index (χ1n) is 2.34. The molecule has 0 spiro atoms. The summed E-state index contributed by atoms with van der Waals surface area (Å²) in [4.78, 5) is 0. The summed E-state index contributed by atoms with van der Waals surface area (Å²) in [6.07, 6.45) is 0. The van der Waals surface area contributed by atoms with Crippen LogP contribution in [-0.2, 0) is 0 Å². The van der Waals surface area contributed by atoms with Crippen molar-refractivity contribution in [1.29, 1.82) is 0 Å². The van der Waals surface area contributed by atoms with Crippen molar-refractivity contribution < 1.29 is 10.2 Å². The zero-order chi connectivity index (χ0) is 5.91. The van der Waals surface area contributed by atoms with Gasteiger partial charge < -0.3 is 10.2 Å².